The zero-order chi connectivity index (χ0) is 15.6. The normalized spacial score (nSPS) is 12.3. The van der Waals surface area contributed by atoms with Crippen LogP contribution in [0.4, 0.5) is 18.9 Å². The number of anilines is 1. The van der Waals surface area contributed by atoms with Gasteiger partial charge in [-0.15, -0.1) is 0 Å². The van der Waals surface area contributed by atoms with Crippen molar-refractivity contribution in [2.75, 3.05) is 11.9 Å². The second-order valence-corrected chi connectivity index (χ2v) is 5.48. The quantitative estimate of drug-likeness (QED) is 0.920. The van der Waals surface area contributed by atoms with Gasteiger partial charge < -0.3 is 10.1 Å². The summed E-state index contributed by atoms with van der Waals surface area (Å²) in [5.41, 5.74) is -1.03. The summed E-state index contributed by atoms with van der Waals surface area (Å²) in [6, 6.07) is 3.67. The Morgan fingerprint density at radius 2 is 1.85 bits per heavy atom. The molecule has 1 N–H and O–H groups in total. The number of benzene rings is 1. The van der Waals surface area contributed by atoms with E-state index in [9.17, 15) is 18.0 Å². The number of nitrogens with one attached hydrogen (secondary N) is 1. The molecule has 0 aromatic heterocycles. The highest BCUT2D eigenvalue weighted by molar-refractivity contribution is 5.91. The third-order valence-corrected chi connectivity index (χ3v) is 2.46. The summed E-state index contributed by atoms with van der Waals surface area (Å²) in [6.45, 7) is 6.52. The number of alkyl halides is 3. The van der Waals surface area contributed by atoms with Crippen LogP contribution in [0.2, 0.25) is 0 Å². The molecule has 0 spiro atoms. The fourth-order valence-corrected chi connectivity index (χ4v) is 1.48. The van der Waals surface area contributed by atoms with E-state index in [0.29, 0.717) is 0 Å². The second-order valence-electron chi connectivity index (χ2n) is 5.48. The minimum atomic E-state index is -4.44. The zero-order valence-corrected chi connectivity index (χ0v) is 11.9. The Labute approximate surface area is 116 Å². The van der Waals surface area contributed by atoms with Crippen LogP contribution in [0.15, 0.2) is 18.2 Å². The molecule has 0 aliphatic rings. The van der Waals surface area contributed by atoms with Crippen molar-refractivity contribution in [1.82, 2.24) is 0 Å². The van der Waals surface area contributed by atoms with E-state index in [-0.39, 0.29) is 17.9 Å². The van der Waals surface area contributed by atoms with E-state index in [0.717, 1.165) is 6.07 Å². The summed E-state index contributed by atoms with van der Waals surface area (Å²) < 4.78 is 43.4. The molecule has 1 aromatic carbocycles. The number of ether oxygens (including phenoxy) is 1. The molecular formula is C14H18F3NO2. The van der Waals surface area contributed by atoms with Crippen LogP contribution in [0.1, 0.15) is 31.9 Å². The largest absolute Gasteiger partial charge is 0.416 e. The van der Waals surface area contributed by atoms with Crippen LogP contribution >= 0.6 is 0 Å². The van der Waals surface area contributed by atoms with Crippen molar-refractivity contribution in [1.29, 1.82) is 0 Å². The number of aryl methyl sites for hydroxylation is 1. The summed E-state index contributed by atoms with van der Waals surface area (Å²) in [5, 5.41) is 2.39. The topological polar surface area (TPSA) is 38.3 Å². The molecule has 0 radical (unpaired) electrons. The van der Waals surface area contributed by atoms with Crippen LogP contribution in [-0.4, -0.2) is 18.1 Å². The number of hydrogen-bond donors (Lipinski definition) is 1. The van der Waals surface area contributed by atoms with E-state index in [1.54, 1.807) is 20.8 Å². The lowest BCUT2D eigenvalue weighted by Gasteiger charge is -2.19. The Bertz CT molecular complexity index is 490. The van der Waals surface area contributed by atoms with Gasteiger partial charge in [0, 0.05) is 5.69 Å². The summed E-state index contributed by atoms with van der Waals surface area (Å²) >= 11 is 0. The molecule has 1 aromatic rings. The van der Waals surface area contributed by atoms with Gasteiger partial charge in [0.1, 0.15) is 6.61 Å². The fraction of sp³-hybridized carbons (Fsp3) is 0.500. The van der Waals surface area contributed by atoms with Gasteiger partial charge in [0.05, 0.1) is 11.2 Å². The molecule has 1 amide bonds. The first-order valence-corrected chi connectivity index (χ1v) is 6.11. The van der Waals surface area contributed by atoms with Crippen molar-refractivity contribution in [2.45, 2.75) is 39.5 Å². The first-order chi connectivity index (χ1) is 8.99. The van der Waals surface area contributed by atoms with E-state index >= 15 is 0 Å². The van der Waals surface area contributed by atoms with Crippen LogP contribution in [0.5, 0.6) is 0 Å². The van der Waals surface area contributed by atoms with Gasteiger partial charge in [-0.3, -0.25) is 4.79 Å². The van der Waals surface area contributed by atoms with Crippen molar-refractivity contribution < 1.29 is 22.7 Å². The smallest absolute Gasteiger partial charge is 0.366 e. The average molecular weight is 289 g/mol. The third kappa shape index (κ3) is 5.21. The van der Waals surface area contributed by atoms with Crippen molar-refractivity contribution in [3.8, 4) is 0 Å². The van der Waals surface area contributed by atoms with Gasteiger partial charge in [-0.1, -0.05) is 6.07 Å². The maximum Gasteiger partial charge on any atom is 0.416 e. The lowest BCUT2D eigenvalue weighted by molar-refractivity contribution is -0.138. The van der Waals surface area contributed by atoms with Crippen LogP contribution < -0.4 is 5.32 Å². The molecule has 0 saturated carbocycles. The molecule has 0 atom stereocenters. The molecule has 0 aliphatic heterocycles. The third-order valence-electron chi connectivity index (χ3n) is 2.46. The van der Waals surface area contributed by atoms with Crippen LogP contribution in [0, 0.1) is 6.92 Å². The molecule has 0 unspecified atom stereocenters. The minimum absolute atomic E-state index is 0.102. The van der Waals surface area contributed by atoms with Gasteiger partial charge in [0.25, 0.3) is 0 Å². The van der Waals surface area contributed by atoms with Gasteiger partial charge >= 0.3 is 6.18 Å². The van der Waals surface area contributed by atoms with E-state index in [1.807, 2.05) is 0 Å². The molecule has 3 nitrogen and oxygen atoms in total. The standard InChI is InChI=1S/C14H18F3NO2/c1-9-5-6-10(7-11(9)14(15,16)17)18-12(19)8-20-13(2,3)4/h5-7H,8H2,1-4H3,(H,18,19). The molecule has 0 heterocycles. The molecule has 6 heteroatoms. The van der Waals surface area contributed by atoms with Gasteiger partial charge in [-0.2, -0.15) is 13.2 Å². The van der Waals surface area contributed by atoms with Crippen LogP contribution in [-0.2, 0) is 15.7 Å². The SMILES string of the molecule is Cc1ccc(NC(=O)COC(C)(C)C)cc1C(F)(F)F. The second kappa shape index (κ2) is 5.83. The van der Waals surface area contributed by atoms with E-state index in [2.05, 4.69) is 5.32 Å². The number of halogens is 3. The Kier molecular flexibility index (Phi) is 4.81. The van der Waals surface area contributed by atoms with Gasteiger partial charge in [-0.25, -0.2) is 0 Å². The van der Waals surface area contributed by atoms with Gasteiger partial charge in [0.2, 0.25) is 5.91 Å². The predicted molar refractivity (Wildman–Crippen MR) is 70.5 cm³/mol. The average Bonchev–Trinajstić information content (AvgIpc) is 2.27. The first kappa shape index (κ1) is 16.5. The Balaban J connectivity index is 2.77. The molecule has 0 saturated heterocycles. The molecule has 0 aliphatic carbocycles. The van der Waals surface area contributed by atoms with E-state index < -0.39 is 23.2 Å². The van der Waals surface area contributed by atoms with E-state index in [4.69, 9.17) is 4.74 Å². The van der Waals surface area contributed by atoms with Crippen molar-refractivity contribution in [3.63, 3.8) is 0 Å². The number of hydrogen-bond acceptors (Lipinski definition) is 2. The summed E-state index contributed by atoms with van der Waals surface area (Å²) in [7, 11) is 0. The maximum absolute atomic E-state index is 12.7. The highest BCUT2D eigenvalue weighted by Crippen LogP contribution is 2.33. The van der Waals surface area contributed by atoms with Gasteiger partial charge in [0.15, 0.2) is 0 Å². The lowest BCUT2D eigenvalue weighted by Crippen LogP contribution is -2.27. The van der Waals surface area contributed by atoms with E-state index in [1.165, 1.54) is 19.1 Å². The van der Waals surface area contributed by atoms with Crippen molar-refractivity contribution in [3.05, 3.63) is 29.3 Å². The lowest BCUT2D eigenvalue weighted by atomic mass is 10.1. The van der Waals surface area contributed by atoms with Crippen molar-refractivity contribution >= 4 is 11.6 Å². The molecule has 0 fully saturated rings. The first-order valence-electron chi connectivity index (χ1n) is 6.11. The monoisotopic (exact) mass is 289 g/mol. The van der Waals surface area contributed by atoms with Crippen molar-refractivity contribution in [2.24, 2.45) is 0 Å². The summed E-state index contributed by atoms with van der Waals surface area (Å²) in [4.78, 5) is 11.6. The van der Waals surface area contributed by atoms with Gasteiger partial charge in [-0.05, 0) is 45.4 Å². The Morgan fingerprint density at radius 1 is 1.25 bits per heavy atom. The molecule has 20 heavy (non-hydrogen) atoms. The molecule has 0 bridgehead atoms. The fourth-order valence-electron chi connectivity index (χ4n) is 1.48. The number of carbonyl (C=O) groups excluding carboxylic acids is 1. The van der Waals surface area contributed by atoms with Crippen LogP contribution in [0.25, 0.3) is 0 Å². The van der Waals surface area contributed by atoms with Crippen LogP contribution in [0.3, 0.4) is 0 Å². The Morgan fingerprint density at radius 3 is 2.35 bits per heavy atom. The zero-order valence-electron chi connectivity index (χ0n) is 11.9. The highest BCUT2D eigenvalue weighted by Gasteiger charge is 2.32. The Hall–Kier alpha value is -1.56. The highest BCUT2D eigenvalue weighted by atomic mass is 19.4. The number of rotatable bonds is 3. The molecule has 112 valence electrons. The summed E-state index contributed by atoms with van der Waals surface area (Å²) in [5.74, 6) is -0.489. The number of carbonyl (C=O) groups is 1. The maximum atomic E-state index is 12.7. The number of amides is 1. The molecular weight excluding hydrogens is 271 g/mol. The minimum Gasteiger partial charge on any atom is -0.366 e. The summed E-state index contributed by atoms with van der Waals surface area (Å²) in [6.07, 6.45) is -4.44. The molecule has 1 rings (SSSR count). The predicted octanol–water partition coefficient (Wildman–Crippen LogP) is 3.77.